The van der Waals surface area contributed by atoms with E-state index in [1.54, 1.807) is 34.0 Å². The van der Waals surface area contributed by atoms with Crippen molar-refractivity contribution >= 4 is 39.6 Å². The van der Waals surface area contributed by atoms with Gasteiger partial charge in [0.1, 0.15) is 5.70 Å². The lowest BCUT2D eigenvalue weighted by Crippen LogP contribution is -2.38. The molecule has 10 nitrogen and oxygen atoms in total. The van der Waals surface area contributed by atoms with Gasteiger partial charge in [-0.25, -0.2) is 31.3 Å². The molecule has 0 radical (unpaired) electrons. The third-order valence-corrected chi connectivity index (χ3v) is 9.33. The highest BCUT2D eigenvalue weighted by Gasteiger charge is 2.44. The highest BCUT2D eigenvalue weighted by atomic mass is 32.2. The van der Waals surface area contributed by atoms with Gasteiger partial charge in [0, 0.05) is 50.8 Å². The lowest BCUT2D eigenvalue weighted by molar-refractivity contribution is -0.0427. The van der Waals surface area contributed by atoms with E-state index < -0.39 is 34.1 Å². The number of aromatic nitrogens is 2. The number of piperidine rings is 2. The van der Waals surface area contributed by atoms with Crippen LogP contribution in [0, 0.1) is 10.8 Å². The number of hydrogen-bond acceptors (Lipinski definition) is 7. The zero-order valence-electron chi connectivity index (χ0n) is 22.6. The number of nitrogens with one attached hydrogen (secondary N) is 2. The Hall–Kier alpha value is -3.39. The maximum absolute atomic E-state index is 14.7. The Morgan fingerprint density at radius 3 is 2.44 bits per heavy atom. The molecule has 3 heterocycles. The predicted molar refractivity (Wildman–Crippen MR) is 152 cm³/mol. The summed E-state index contributed by atoms with van der Waals surface area (Å²) < 4.78 is 70.4. The van der Waals surface area contributed by atoms with Crippen LogP contribution >= 0.6 is 0 Å². The summed E-state index contributed by atoms with van der Waals surface area (Å²) in [4.78, 5) is 7.98. The molecule has 14 heteroatoms. The highest BCUT2D eigenvalue weighted by Crippen LogP contribution is 2.54. The van der Waals surface area contributed by atoms with Gasteiger partial charge in [-0.15, -0.1) is 0 Å². The largest absolute Gasteiger partial charge is 0.395 e. The van der Waals surface area contributed by atoms with Crippen LogP contribution in [0.15, 0.2) is 41.4 Å². The summed E-state index contributed by atoms with van der Waals surface area (Å²) in [5.41, 5.74) is 2.30. The summed E-state index contributed by atoms with van der Waals surface area (Å²) in [5, 5.41) is 20.9. The van der Waals surface area contributed by atoms with Gasteiger partial charge in [-0.05, 0) is 49.3 Å². The van der Waals surface area contributed by atoms with Crippen LogP contribution in [0.2, 0.25) is 0 Å². The molecular weight excluding hydrogens is 559 g/mol. The number of halogens is 3. The van der Waals surface area contributed by atoms with Crippen molar-refractivity contribution in [1.82, 2.24) is 14.7 Å². The maximum atomic E-state index is 14.7. The number of sulfonamides is 1. The molecule has 5 rings (SSSR count). The Balaban J connectivity index is 1.44. The molecular formula is C27H34F3N7O3S. The second-order valence-corrected chi connectivity index (χ2v) is 12.8. The molecule has 3 aliphatic rings. The Labute approximate surface area is 237 Å². The van der Waals surface area contributed by atoms with E-state index in [0.717, 1.165) is 31.6 Å². The number of rotatable bonds is 10. The number of aliphatic imine (C=N–C) groups is 1. The number of anilines is 2. The number of allylic oxidation sites excluding steroid dienone is 1. The maximum Gasteiger partial charge on any atom is 0.251 e. The molecule has 0 unspecified atom stereocenters. The summed E-state index contributed by atoms with van der Waals surface area (Å²) in [6.07, 6.45) is 8.75. The third-order valence-electron chi connectivity index (χ3n) is 8.07. The molecule has 3 fully saturated rings. The Morgan fingerprint density at radius 2 is 1.80 bits per heavy atom. The summed E-state index contributed by atoms with van der Waals surface area (Å²) >= 11 is 0. The Bertz CT molecular complexity index is 1430. The van der Waals surface area contributed by atoms with Gasteiger partial charge < -0.3 is 20.3 Å². The lowest BCUT2D eigenvalue weighted by Gasteiger charge is -2.35. The minimum atomic E-state index is -3.73. The van der Waals surface area contributed by atoms with E-state index in [-0.39, 0.29) is 31.6 Å². The second-order valence-electron chi connectivity index (χ2n) is 11.0. The van der Waals surface area contributed by atoms with Crippen LogP contribution in [0.5, 0.6) is 0 Å². The predicted octanol–water partition coefficient (Wildman–Crippen LogP) is 4.03. The van der Waals surface area contributed by atoms with E-state index >= 15 is 0 Å². The van der Waals surface area contributed by atoms with E-state index in [1.165, 1.54) is 25.4 Å². The van der Waals surface area contributed by atoms with E-state index in [2.05, 4.69) is 19.7 Å². The van der Waals surface area contributed by atoms with Gasteiger partial charge in [0.25, 0.3) is 5.92 Å². The minimum absolute atomic E-state index is 0.0874. The number of alkyl halides is 2. The Morgan fingerprint density at radius 1 is 1.10 bits per heavy atom. The monoisotopic (exact) mass is 593 g/mol. The van der Waals surface area contributed by atoms with Crippen molar-refractivity contribution < 1.29 is 26.7 Å². The molecule has 0 amide bonds. The normalized spacial score (nSPS) is 20.8. The average molecular weight is 594 g/mol. The molecule has 1 saturated carbocycles. The quantitative estimate of drug-likeness (QED) is 0.282. The van der Waals surface area contributed by atoms with Gasteiger partial charge in [-0.2, -0.15) is 5.10 Å². The fourth-order valence-corrected chi connectivity index (χ4v) is 6.14. The van der Waals surface area contributed by atoms with Crippen molar-refractivity contribution in [2.45, 2.75) is 44.4 Å². The van der Waals surface area contributed by atoms with Gasteiger partial charge in [0.15, 0.2) is 5.83 Å². The van der Waals surface area contributed by atoms with Gasteiger partial charge in [-0.3, -0.25) is 4.72 Å². The van der Waals surface area contributed by atoms with Crippen LogP contribution in [0.4, 0.5) is 24.5 Å². The zero-order chi connectivity index (χ0) is 29.3. The highest BCUT2D eigenvalue weighted by molar-refractivity contribution is 7.92. The molecule has 1 spiro atoms. The van der Waals surface area contributed by atoms with Crippen molar-refractivity contribution in [1.29, 1.82) is 5.41 Å². The molecule has 1 aliphatic carbocycles. The van der Waals surface area contributed by atoms with Gasteiger partial charge in [-0.1, -0.05) is 0 Å². The summed E-state index contributed by atoms with van der Waals surface area (Å²) in [6, 6.07) is 5.05. The number of aliphatic hydroxyl groups is 1. The van der Waals surface area contributed by atoms with Crippen molar-refractivity contribution in [3.8, 4) is 5.69 Å². The molecule has 0 bridgehead atoms. The molecule has 0 atom stereocenters. The fourth-order valence-electron chi connectivity index (χ4n) is 5.31. The third kappa shape index (κ3) is 6.92. The summed E-state index contributed by atoms with van der Waals surface area (Å²) in [5.74, 6) is -4.04. The number of aliphatic hydroxyl groups excluding tert-OH is 1. The van der Waals surface area contributed by atoms with Crippen molar-refractivity contribution in [3.05, 3.63) is 42.0 Å². The lowest BCUT2D eigenvalue weighted by atomic mass is 9.93. The smallest absolute Gasteiger partial charge is 0.251 e. The number of nitrogens with zero attached hydrogens (tertiary/aromatic N) is 5. The Kier molecular flexibility index (Phi) is 8.15. The molecule has 222 valence electrons. The molecule has 2 aromatic rings. The van der Waals surface area contributed by atoms with Crippen molar-refractivity contribution in [2.24, 2.45) is 10.4 Å². The van der Waals surface area contributed by atoms with Gasteiger partial charge >= 0.3 is 0 Å². The first kappa shape index (κ1) is 29.1. The average Bonchev–Trinajstić information content (AvgIpc) is 3.51. The van der Waals surface area contributed by atoms with E-state index in [1.807, 2.05) is 0 Å². The van der Waals surface area contributed by atoms with Gasteiger partial charge in [0.2, 0.25) is 10.0 Å². The topological polar surface area (TPSA) is 127 Å². The SMILES string of the molecule is N=C/C(F)=C(\N=CN1CCC(F)(F)CC1)c1cnn(-c2ccc(NS(=O)(=O)CCO)cc2N2CCC3(CC2)CC3)c1. The first-order valence-electron chi connectivity index (χ1n) is 13.6. The molecule has 3 N–H and O–H groups in total. The molecule has 1 aromatic heterocycles. The number of benzene rings is 1. The van der Waals surface area contributed by atoms with E-state index in [4.69, 9.17) is 10.5 Å². The minimum Gasteiger partial charge on any atom is -0.395 e. The fraction of sp³-hybridized carbons (Fsp3) is 0.519. The van der Waals surface area contributed by atoms with Crippen LogP contribution in [0.1, 0.15) is 44.1 Å². The number of hydrogen-bond donors (Lipinski definition) is 3. The van der Waals surface area contributed by atoms with Crippen LogP contribution in [-0.2, 0) is 10.0 Å². The van der Waals surface area contributed by atoms with Crippen LogP contribution in [-0.4, -0.2) is 85.2 Å². The van der Waals surface area contributed by atoms with Crippen molar-refractivity contribution in [3.63, 3.8) is 0 Å². The van der Waals surface area contributed by atoms with Crippen LogP contribution in [0.25, 0.3) is 11.4 Å². The first-order valence-corrected chi connectivity index (χ1v) is 15.3. The van der Waals surface area contributed by atoms with Gasteiger partial charge in [0.05, 0.1) is 48.2 Å². The summed E-state index contributed by atoms with van der Waals surface area (Å²) in [6.45, 7) is 1.26. The molecule has 1 aromatic carbocycles. The van der Waals surface area contributed by atoms with E-state index in [0.29, 0.717) is 28.6 Å². The van der Waals surface area contributed by atoms with Crippen LogP contribution in [0.3, 0.4) is 0 Å². The van der Waals surface area contributed by atoms with E-state index in [9.17, 15) is 21.6 Å². The summed E-state index contributed by atoms with van der Waals surface area (Å²) in [7, 11) is -3.73. The second kappa shape index (κ2) is 11.5. The number of likely N-dealkylation sites (tertiary alicyclic amines) is 1. The van der Waals surface area contributed by atoms with Crippen molar-refractivity contribution in [2.75, 3.05) is 48.2 Å². The molecule has 2 aliphatic heterocycles. The molecule has 2 saturated heterocycles. The first-order chi connectivity index (χ1) is 19.5. The zero-order valence-corrected chi connectivity index (χ0v) is 23.4. The standard InChI is InChI=1S/C27H34F3N7O3S/c28-22(16-31)25(32-19-35-9-7-27(29,30)8-10-35)20-17-33-37(18-20)23-2-1-21(34-41(39,40)14-13-38)15-24(23)36-11-5-26(3-4-26)6-12-36/h1-2,15-19,31,34,38H,3-14H2/b25-22+,31-16?,32-19?. The molecule has 41 heavy (non-hydrogen) atoms. The van der Waals surface area contributed by atoms with Crippen LogP contribution < -0.4 is 9.62 Å².